The van der Waals surface area contributed by atoms with Crippen LogP contribution in [-0.4, -0.2) is 28.4 Å². The highest BCUT2D eigenvalue weighted by Gasteiger charge is 2.16. The van der Waals surface area contributed by atoms with Crippen molar-refractivity contribution in [3.63, 3.8) is 0 Å². The summed E-state index contributed by atoms with van der Waals surface area (Å²) in [6.45, 7) is 1.87. The maximum absolute atomic E-state index is 14.9. The third-order valence-electron chi connectivity index (χ3n) is 4.17. The van der Waals surface area contributed by atoms with Crippen LogP contribution < -0.4 is 14.2 Å². The Hall–Kier alpha value is -2.92. The summed E-state index contributed by atoms with van der Waals surface area (Å²) < 4.78 is 31.6. The lowest BCUT2D eigenvalue weighted by Gasteiger charge is -2.12. The monoisotopic (exact) mass is 385 g/mol. The maximum Gasteiger partial charge on any atom is 0.230 e. The van der Waals surface area contributed by atoms with Gasteiger partial charge in [0.15, 0.2) is 23.1 Å². The summed E-state index contributed by atoms with van der Waals surface area (Å²) in [5.74, 6) is 0.952. The van der Waals surface area contributed by atoms with Crippen LogP contribution in [0.2, 0.25) is 0 Å². The first kappa shape index (κ1) is 17.5. The van der Waals surface area contributed by atoms with Gasteiger partial charge in [-0.25, -0.2) is 14.4 Å². The predicted molar refractivity (Wildman–Crippen MR) is 104 cm³/mol. The molecule has 1 N–H and O–H groups in total. The number of nitrogens with one attached hydrogen (secondary N) is 1. The molecule has 27 heavy (non-hydrogen) atoms. The number of hydrogen-bond acceptors (Lipinski definition) is 5. The Labute approximate surface area is 156 Å². The van der Waals surface area contributed by atoms with Crippen molar-refractivity contribution in [3.8, 4) is 23.1 Å². The van der Waals surface area contributed by atoms with E-state index in [-0.39, 0.29) is 11.6 Å². The molecule has 2 aromatic carbocycles. The van der Waals surface area contributed by atoms with Crippen molar-refractivity contribution in [2.45, 2.75) is 6.92 Å². The largest absolute Gasteiger partial charge is 0.493 e. The van der Waals surface area contributed by atoms with Gasteiger partial charge in [-0.3, -0.25) is 0 Å². The fourth-order valence-electron chi connectivity index (χ4n) is 2.95. The lowest BCUT2D eigenvalue weighted by molar-refractivity contribution is 0.344. The average Bonchev–Trinajstić information content (AvgIpc) is 3.05. The first-order valence-corrected chi connectivity index (χ1v) is 9.03. The van der Waals surface area contributed by atoms with E-state index >= 15 is 0 Å². The van der Waals surface area contributed by atoms with Gasteiger partial charge in [-0.15, -0.1) is 0 Å². The van der Waals surface area contributed by atoms with Gasteiger partial charge < -0.3 is 19.2 Å². The number of hydrogen-bond donors (Lipinski definition) is 1. The normalized spacial score (nSPS) is 11.1. The van der Waals surface area contributed by atoms with Gasteiger partial charge in [-0.1, -0.05) is 9.24 Å². The molecule has 4 aromatic rings. The van der Waals surface area contributed by atoms with Gasteiger partial charge in [0.25, 0.3) is 0 Å². The summed E-state index contributed by atoms with van der Waals surface area (Å²) >= 11 is 0. The summed E-state index contributed by atoms with van der Waals surface area (Å²) in [5, 5.41) is 1.06. The van der Waals surface area contributed by atoms with Gasteiger partial charge >= 0.3 is 0 Å². The Morgan fingerprint density at radius 3 is 2.70 bits per heavy atom. The fraction of sp³-hybridized carbons (Fsp3) is 0.158. The molecule has 8 heteroatoms. The van der Waals surface area contributed by atoms with E-state index in [1.165, 1.54) is 6.33 Å². The summed E-state index contributed by atoms with van der Waals surface area (Å²) in [5.41, 5.74) is 2.19. The highest BCUT2D eigenvalue weighted by molar-refractivity contribution is 7.16. The van der Waals surface area contributed by atoms with Crippen LogP contribution in [0.4, 0.5) is 4.39 Å². The number of H-pyrrole nitrogens is 1. The minimum absolute atomic E-state index is 0.0887. The topological polar surface area (TPSA) is 69.3 Å². The maximum atomic E-state index is 14.9. The predicted octanol–water partition coefficient (Wildman–Crippen LogP) is 4.57. The third-order valence-corrected chi connectivity index (χ3v) is 4.33. The quantitative estimate of drug-likeness (QED) is 0.510. The molecule has 0 spiro atoms. The first-order chi connectivity index (χ1) is 13.1. The van der Waals surface area contributed by atoms with Crippen molar-refractivity contribution in [2.75, 3.05) is 13.5 Å². The van der Waals surface area contributed by atoms with Crippen molar-refractivity contribution in [1.82, 2.24) is 15.0 Å². The number of ether oxygens (including phenoxy) is 3. The number of aryl methyl sites for hydroxylation is 1. The molecule has 0 radical (unpaired) electrons. The minimum Gasteiger partial charge on any atom is -0.493 e. The van der Waals surface area contributed by atoms with Gasteiger partial charge in [0.1, 0.15) is 12.7 Å². The number of benzene rings is 2. The van der Waals surface area contributed by atoms with Crippen LogP contribution >= 0.6 is 9.24 Å². The van der Waals surface area contributed by atoms with E-state index in [9.17, 15) is 4.39 Å². The van der Waals surface area contributed by atoms with E-state index in [4.69, 9.17) is 14.2 Å². The number of rotatable bonds is 5. The van der Waals surface area contributed by atoms with Crippen molar-refractivity contribution in [1.29, 1.82) is 0 Å². The van der Waals surface area contributed by atoms with Crippen LogP contribution in [0.15, 0.2) is 36.7 Å². The lowest BCUT2D eigenvalue weighted by Crippen LogP contribution is -1.97. The molecule has 0 aliphatic carbocycles. The molecule has 6 nitrogen and oxygen atoms in total. The number of nitrogens with zero attached hydrogens (tertiary/aromatic N) is 2. The molecule has 0 amide bonds. The highest BCUT2D eigenvalue weighted by atomic mass is 31.0. The summed E-state index contributed by atoms with van der Waals surface area (Å²) in [6.07, 6.45) is 1.76. The smallest absolute Gasteiger partial charge is 0.230 e. The molecule has 0 bridgehead atoms. The molecule has 2 heterocycles. The lowest BCUT2D eigenvalue weighted by atomic mass is 10.2. The highest BCUT2D eigenvalue weighted by Crippen LogP contribution is 2.37. The number of aromatic nitrogens is 3. The molecule has 1 unspecified atom stereocenters. The van der Waals surface area contributed by atoms with E-state index in [2.05, 4.69) is 24.2 Å². The molecule has 2 aromatic heterocycles. The molecule has 0 aliphatic heterocycles. The zero-order valence-electron chi connectivity index (χ0n) is 14.7. The van der Waals surface area contributed by atoms with Crippen molar-refractivity contribution in [3.05, 3.63) is 48.2 Å². The standard InChI is InChI=1S/C19H17FN3O3P/c1-10-5-11-13(23-10)3-4-15(18(11)20)26-19-12-6-17(25-9-27)16(24-2)7-14(12)21-8-22-19/h3-8,23H,9,27H2,1-2H3. The Kier molecular flexibility index (Phi) is 4.54. The van der Waals surface area contributed by atoms with Crippen LogP contribution in [0, 0.1) is 12.7 Å². The second-order valence-corrected chi connectivity index (χ2v) is 6.24. The molecular formula is C19H17FN3O3P. The van der Waals surface area contributed by atoms with Crippen LogP contribution in [0.25, 0.3) is 21.8 Å². The summed E-state index contributed by atoms with van der Waals surface area (Å²) in [7, 11) is 4.03. The van der Waals surface area contributed by atoms with Gasteiger partial charge in [0.2, 0.25) is 5.88 Å². The molecule has 0 aliphatic rings. The number of methoxy groups -OCH3 is 1. The van der Waals surface area contributed by atoms with Crippen LogP contribution in [0.3, 0.4) is 0 Å². The van der Waals surface area contributed by atoms with Crippen LogP contribution in [-0.2, 0) is 0 Å². The van der Waals surface area contributed by atoms with Crippen LogP contribution in [0.5, 0.6) is 23.1 Å². The van der Waals surface area contributed by atoms with E-state index < -0.39 is 5.82 Å². The molecule has 0 fully saturated rings. The molecule has 0 saturated carbocycles. The number of aromatic amines is 1. The van der Waals surface area contributed by atoms with Crippen molar-refractivity contribution >= 4 is 31.0 Å². The van der Waals surface area contributed by atoms with Gasteiger partial charge in [0.05, 0.1) is 18.0 Å². The Balaban J connectivity index is 1.82. The van der Waals surface area contributed by atoms with E-state index in [0.29, 0.717) is 39.7 Å². The number of fused-ring (bicyclic) bond motifs is 2. The van der Waals surface area contributed by atoms with Gasteiger partial charge in [-0.2, -0.15) is 0 Å². The Bertz CT molecular complexity index is 1150. The Morgan fingerprint density at radius 2 is 1.93 bits per heavy atom. The van der Waals surface area contributed by atoms with Crippen LogP contribution in [0.1, 0.15) is 5.69 Å². The SMILES string of the molecule is COc1cc2ncnc(Oc3ccc4[nH]c(C)cc4c3F)c2cc1OCP. The van der Waals surface area contributed by atoms with Gasteiger partial charge in [-0.05, 0) is 31.2 Å². The summed E-state index contributed by atoms with van der Waals surface area (Å²) in [4.78, 5) is 11.5. The minimum atomic E-state index is -0.446. The van der Waals surface area contributed by atoms with Gasteiger partial charge in [0, 0.05) is 22.7 Å². The Morgan fingerprint density at radius 1 is 1.07 bits per heavy atom. The third kappa shape index (κ3) is 3.15. The van der Waals surface area contributed by atoms with E-state index in [0.717, 1.165) is 5.69 Å². The van der Waals surface area contributed by atoms with Crippen molar-refractivity contribution in [2.24, 2.45) is 0 Å². The molecular weight excluding hydrogens is 368 g/mol. The zero-order chi connectivity index (χ0) is 19.0. The molecule has 4 rings (SSSR count). The number of halogens is 1. The zero-order valence-corrected chi connectivity index (χ0v) is 15.9. The second kappa shape index (κ2) is 7.00. The van der Waals surface area contributed by atoms with E-state index in [1.807, 2.05) is 6.92 Å². The van der Waals surface area contributed by atoms with Crippen molar-refractivity contribution < 1.29 is 18.6 Å². The first-order valence-electron chi connectivity index (χ1n) is 8.22. The molecule has 0 saturated heterocycles. The van der Waals surface area contributed by atoms with E-state index in [1.54, 1.807) is 37.4 Å². The summed E-state index contributed by atoms with van der Waals surface area (Å²) in [6, 6.07) is 8.55. The molecule has 138 valence electrons. The fourth-order valence-corrected chi connectivity index (χ4v) is 3.13. The molecule has 1 atom stereocenters. The second-order valence-electron chi connectivity index (χ2n) is 5.90. The average molecular weight is 385 g/mol.